The van der Waals surface area contributed by atoms with Crippen molar-refractivity contribution in [3.63, 3.8) is 0 Å². The molecule has 2 atom stereocenters. The second-order valence-electron chi connectivity index (χ2n) is 5.11. The van der Waals surface area contributed by atoms with Gasteiger partial charge in [0.15, 0.2) is 0 Å². The van der Waals surface area contributed by atoms with Gasteiger partial charge in [-0.2, -0.15) is 15.0 Å². The van der Waals surface area contributed by atoms with E-state index in [4.69, 9.17) is 11.6 Å². The summed E-state index contributed by atoms with van der Waals surface area (Å²) in [5.74, 6) is 1.58. The van der Waals surface area contributed by atoms with E-state index in [1.165, 1.54) is 0 Å². The van der Waals surface area contributed by atoms with Gasteiger partial charge in [0.2, 0.25) is 17.2 Å². The lowest BCUT2D eigenvalue weighted by molar-refractivity contribution is 0.178. The van der Waals surface area contributed by atoms with Crippen LogP contribution in [0, 0.1) is 5.92 Å². The summed E-state index contributed by atoms with van der Waals surface area (Å²) in [6, 6.07) is 0. The Bertz CT molecular complexity index is 441. The Balaban J connectivity index is 2.00. The Morgan fingerprint density at radius 1 is 1.25 bits per heavy atom. The molecule has 2 rings (SSSR count). The molecule has 112 valence electrons. The Morgan fingerprint density at radius 3 is 2.60 bits per heavy atom. The standard InChI is InChI=1S/C13H22ClN5O/c1-3-19(4-2)13-17-11(14)16-12(18-13)15-8-9-5-6-10(20)7-9/h9-10,20H,3-8H2,1-2H3,(H,15,16,17,18). The van der Waals surface area contributed by atoms with Gasteiger partial charge in [-0.3, -0.25) is 0 Å². The summed E-state index contributed by atoms with van der Waals surface area (Å²) in [5.41, 5.74) is 0. The van der Waals surface area contributed by atoms with Gasteiger partial charge in [-0.1, -0.05) is 0 Å². The molecule has 2 unspecified atom stereocenters. The number of aliphatic hydroxyl groups excluding tert-OH is 1. The minimum atomic E-state index is -0.157. The van der Waals surface area contributed by atoms with Crippen molar-refractivity contribution in [1.82, 2.24) is 15.0 Å². The molecule has 1 heterocycles. The predicted molar refractivity (Wildman–Crippen MR) is 80.2 cm³/mol. The molecule has 6 nitrogen and oxygen atoms in total. The number of hydrogen-bond donors (Lipinski definition) is 2. The topological polar surface area (TPSA) is 74.2 Å². The average Bonchev–Trinajstić information content (AvgIpc) is 2.83. The third-order valence-electron chi connectivity index (χ3n) is 3.71. The molecule has 0 radical (unpaired) electrons. The Morgan fingerprint density at radius 2 is 2.00 bits per heavy atom. The van der Waals surface area contributed by atoms with Crippen molar-refractivity contribution in [1.29, 1.82) is 0 Å². The summed E-state index contributed by atoms with van der Waals surface area (Å²) >= 11 is 5.96. The Labute approximate surface area is 124 Å². The van der Waals surface area contributed by atoms with Gasteiger partial charge in [0.05, 0.1) is 6.10 Å². The molecule has 2 N–H and O–H groups in total. The monoisotopic (exact) mass is 299 g/mol. The predicted octanol–water partition coefficient (Wildman–Crippen LogP) is 1.94. The van der Waals surface area contributed by atoms with Crippen LogP contribution in [-0.2, 0) is 0 Å². The molecule has 0 aromatic carbocycles. The van der Waals surface area contributed by atoms with Crippen LogP contribution in [-0.4, -0.2) is 45.8 Å². The van der Waals surface area contributed by atoms with Crippen LogP contribution in [0.3, 0.4) is 0 Å². The molecule has 0 aliphatic heterocycles. The van der Waals surface area contributed by atoms with Crippen LogP contribution in [0.15, 0.2) is 0 Å². The second kappa shape index (κ2) is 7.04. The van der Waals surface area contributed by atoms with Crippen molar-refractivity contribution in [3.05, 3.63) is 5.28 Å². The number of anilines is 2. The maximum atomic E-state index is 9.52. The fourth-order valence-corrected chi connectivity index (χ4v) is 2.69. The highest BCUT2D eigenvalue weighted by Crippen LogP contribution is 2.25. The average molecular weight is 300 g/mol. The molecular weight excluding hydrogens is 278 g/mol. The summed E-state index contributed by atoms with van der Waals surface area (Å²) in [5, 5.41) is 12.9. The van der Waals surface area contributed by atoms with Crippen molar-refractivity contribution in [2.45, 2.75) is 39.2 Å². The third-order valence-corrected chi connectivity index (χ3v) is 3.87. The number of rotatable bonds is 6. The van der Waals surface area contributed by atoms with Crippen molar-refractivity contribution in [3.8, 4) is 0 Å². The summed E-state index contributed by atoms with van der Waals surface area (Å²) in [7, 11) is 0. The van der Waals surface area contributed by atoms with Crippen molar-refractivity contribution < 1.29 is 5.11 Å². The smallest absolute Gasteiger partial charge is 0.231 e. The van der Waals surface area contributed by atoms with E-state index in [0.29, 0.717) is 17.8 Å². The Kier molecular flexibility index (Phi) is 5.37. The Hall–Kier alpha value is -1.14. The van der Waals surface area contributed by atoms with Crippen LogP contribution >= 0.6 is 11.6 Å². The SMILES string of the molecule is CCN(CC)c1nc(Cl)nc(NCC2CCC(O)C2)n1. The minimum absolute atomic E-state index is 0.157. The van der Waals surface area contributed by atoms with Crippen LogP contribution in [0.2, 0.25) is 5.28 Å². The van der Waals surface area contributed by atoms with Gasteiger partial charge in [0, 0.05) is 19.6 Å². The van der Waals surface area contributed by atoms with Crippen LogP contribution in [0.25, 0.3) is 0 Å². The van der Waals surface area contributed by atoms with Gasteiger partial charge in [0.1, 0.15) is 0 Å². The van der Waals surface area contributed by atoms with Gasteiger partial charge < -0.3 is 15.3 Å². The number of halogens is 1. The van der Waals surface area contributed by atoms with Crippen LogP contribution in [0.5, 0.6) is 0 Å². The highest BCUT2D eigenvalue weighted by Gasteiger charge is 2.22. The molecule has 1 saturated carbocycles. The van der Waals surface area contributed by atoms with Gasteiger partial charge in [-0.25, -0.2) is 0 Å². The normalized spacial score (nSPS) is 22.0. The molecule has 1 aliphatic carbocycles. The first-order chi connectivity index (χ1) is 9.62. The molecule has 1 aromatic rings. The second-order valence-corrected chi connectivity index (χ2v) is 5.45. The summed E-state index contributed by atoms with van der Waals surface area (Å²) in [6.45, 7) is 6.51. The largest absolute Gasteiger partial charge is 0.393 e. The lowest BCUT2D eigenvalue weighted by Gasteiger charge is -2.19. The molecule has 0 saturated heterocycles. The molecule has 7 heteroatoms. The zero-order valence-corrected chi connectivity index (χ0v) is 12.8. The van der Waals surface area contributed by atoms with Crippen molar-refractivity contribution >= 4 is 23.5 Å². The summed E-state index contributed by atoms with van der Waals surface area (Å²) < 4.78 is 0. The molecule has 1 fully saturated rings. The highest BCUT2D eigenvalue weighted by atomic mass is 35.5. The maximum Gasteiger partial charge on any atom is 0.231 e. The summed E-state index contributed by atoms with van der Waals surface area (Å²) in [4.78, 5) is 14.7. The van der Waals surface area contributed by atoms with E-state index in [0.717, 1.165) is 38.9 Å². The molecule has 1 aromatic heterocycles. The molecule has 0 bridgehead atoms. The highest BCUT2D eigenvalue weighted by molar-refractivity contribution is 6.28. The van der Waals surface area contributed by atoms with Crippen molar-refractivity contribution in [2.75, 3.05) is 29.9 Å². The lowest BCUT2D eigenvalue weighted by Crippen LogP contribution is -2.25. The van der Waals surface area contributed by atoms with E-state index in [-0.39, 0.29) is 11.4 Å². The van der Waals surface area contributed by atoms with E-state index in [9.17, 15) is 5.11 Å². The first-order valence-corrected chi connectivity index (χ1v) is 7.58. The van der Waals surface area contributed by atoms with Gasteiger partial charge in [0.25, 0.3) is 0 Å². The first kappa shape index (κ1) is 15.3. The molecule has 1 aliphatic rings. The van der Waals surface area contributed by atoms with Gasteiger partial charge in [-0.05, 0) is 50.6 Å². The maximum absolute atomic E-state index is 9.52. The quantitative estimate of drug-likeness (QED) is 0.836. The third kappa shape index (κ3) is 3.93. The van der Waals surface area contributed by atoms with Crippen LogP contribution in [0.1, 0.15) is 33.1 Å². The van der Waals surface area contributed by atoms with Gasteiger partial charge in [-0.15, -0.1) is 0 Å². The molecule has 0 spiro atoms. The number of aromatic nitrogens is 3. The number of hydrogen-bond acceptors (Lipinski definition) is 6. The molecule has 0 amide bonds. The van der Waals surface area contributed by atoms with E-state index in [1.807, 2.05) is 18.7 Å². The zero-order valence-electron chi connectivity index (χ0n) is 12.0. The lowest BCUT2D eigenvalue weighted by atomic mass is 10.1. The number of nitrogens with one attached hydrogen (secondary N) is 1. The van der Waals surface area contributed by atoms with Gasteiger partial charge >= 0.3 is 0 Å². The molecule has 20 heavy (non-hydrogen) atoms. The van der Waals surface area contributed by atoms with E-state index >= 15 is 0 Å². The van der Waals surface area contributed by atoms with E-state index in [2.05, 4.69) is 20.3 Å². The van der Waals surface area contributed by atoms with Crippen LogP contribution in [0.4, 0.5) is 11.9 Å². The number of aliphatic hydroxyl groups is 1. The zero-order chi connectivity index (χ0) is 14.5. The fraction of sp³-hybridized carbons (Fsp3) is 0.769. The van der Waals surface area contributed by atoms with E-state index < -0.39 is 0 Å². The number of nitrogens with zero attached hydrogens (tertiary/aromatic N) is 4. The first-order valence-electron chi connectivity index (χ1n) is 7.20. The summed E-state index contributed by atoms with van der Waals surface area (Å²) in [6.07, 6.45) is 2.61. The van der Waals surface area contributed by atoms with E-state index in [1.54, 1.807) is 0 Å². The fourth-order valence-electron chi connectivity index (χ4n) is 2.54. The van der Waals surface area contributed by atoms with Crippen LogP contribution < -0.4 is 10.2 Å². The molecular formula is C13H22ClN5O. The minimum Gasteiger partial charge on any atom is -0.393 e. The van der Waals surface area contributed by atoms with Crippen molar-refractivity contribution in [2.24, 2.45) is 5.92 Å².